The van der Waals surface area contributed by atoms with Crippen LogP contribution in [0.2, 0.25) is 0 Å². The van der Waals surface area contributed by atoms with Gasteiger partial charge in [0.1, 0.15) is 12.0 Å². The summed E-state index contributed by atoms with van der Waals surface area (Å²) in [5, 5.41) is 3.14. The number of nitrogens with one attached hydrogen (secondary N) is 1. The van der Waals surface area contributed by atoms with Gasteiger partial charge in [0.25, 0.3) is 0 Å². The van der Waals surface area contributed by atoms with E-state index < -0.39 is 0 Å². The highest BCUT2D eigenvalue weighted by molar-refractivity contribution is 5.66. The molecule has 1 unspecified atom stereocenters. The summed E-state index contributed by atoms with van der Waals surface area (Å²) in [5.74, 6) is 1.36. The summed E-state index contributed by atoms with van der Waals surface area (Å²) >= 11 is 0. The highest BCUT2D eigenvalue weighted by Crippen LogP contribution is 2.23. The highest BCUT2D eigenvalue weighted by atomic mass is 16.5. The fraction of sp³-hybridized carbons (Fsp3) is 0.600. The Balaban J connectivity index is 2.60. The summed E-state index contributed by atoms with van der Waals surface area (Å²) in [6, 6.07) is 0. The van der Waals surface area contributed by atoms with Gasteiger partial charge in [-0.25, -0.2) is 4.98 Å². The molecule has 1 aromatic rings. The van der Waals surface area contributed by atoms with Gasteiger partial charge >= 0.3 is 0 Å². The number of nitrogen functional groups attached to an aromatic ring is 1. The molecule has 1 heterocycles. The molecule has 0 bridgehead atoms. The van der Waals surface area contributed by atoms with Crippen LogP contribution in [0.15, 0.2) is 6.33 Å². The van der Waals surface area contributed by atoms with Gasteiger partial charge in [0, 0.05) is 13.7 Å². The van der Waals surface area contributed by atoms with Crippen LogP contribution in [0.25, 0.3) is 0 Å². The Morgan fingerprint density at radius 2 is 2.19 bits per heavy atom. The first kappa shape index (κ1) is 12.5. The molecule has 0 fully saturated rings. The maximum absolute atomic E-state index is 5.81. The van der Waals surface area contributed by atoms with Crippen molar-refractivity contribution in [3.8, 4) is 5.88 Å². The Hall–Kier alpha value is -1.56. The van der Waals surface area contributed by atoms with Crippen molar-refractivity contribution in [1.82, 2.24) is 9.97 Å². The predicted octanol–water partition coefficient (Wildman–Crippen LogP) is 0.762. The van der Waals surface area contributed by atoms with Gasteiger partial charge in [0.15, 0.2) is 5.82 Å². The van der Waals surface area contributed by atoms with Crippen molar-refractivity contribution >= 4 is 11.5 Å². The van der Waals surface area contributed by atoms with Gasteiger partial charge in [-0.15, -0.1) is 0 Å². The number of hydrogen-bond donors (Lipinski definition) is 2. The van der Waals surface area contributed by atoms with Crippen LogP contribution in [0.3, 0.4) is 0 Å². The van der Waals surface area contributed by atoms with Gasteiger partial charge in [-0.3, -0.25) is 0 Å². The Kier molecular flexibility index (Phi) is 4.78. The molecule has 6 nitrogen and oxygen atoms in total. The topological polar surface area (TPSA) is 82.3 Å². The van der Waals surface area contributed by atoms with E-state index >= 15 is 0 Å². The monoisotopic (exact) mass is 226 g/mol. The Morgan fingerprint density at radius 3 is 2.81 bits per heavy atom. The normalized spacial score (nSPS) is 12.2. The van der Waals surface area contributed by atoms with Gasteiger partial charge in [0.05, 0.1) is 13.7 Å². The van der Waals surface area contributed by atoms with Crippen LogP contribution in [0.5, 0.6) is 5.88 Å². The summed E-state index contributed by atoms with van der Waals surface area (Å²) in [7, 11) is 3.20. The first-order chi connectivity index (χ1) is 7.69. The number of aromatic nitrogens is 2. The van der Waals surface area contributed by atoms with E-state index in [2.05, 4.69) is 22.2 Å². The summed E-state index contributed by atoms with van der Waals surface area (Å²) in [4.78, 5) is 7.95. The number of nitrogens with two attached hydrogens (primary N) is 1. The number of nitrogens with zero attached hydrogens (tertiary/aromatic N) is 2. The number of rotatable bonds is 6. The minimum absolute atomic E-state index is 0.380. The quantitative estimate of drug-likeness (QED) is 0.745. The fourth-order valence-corrected chi connectivity index (χ4v) is 1.30. The first-order valence-electron chi connectivity index (χ1n) is 5.06. The Labute approximate surface area is 95.2 Å². The van der Waals surface area contributed by atoms with E-state index in [-0.39, 0.29) is 0 Å². The fourth-order valence-electron chi connectivity index (χ4n) is 1.30. The molecule has 6 heteroatoms. The van der Waals surface area contributed by atoms with Crippen molar-refractivity contribution in [2.75, 3.05) is 38.4 Å². The van der Waals surface area contributed by atoms with Crippen LogP contribution in [0.1, 0.15) is 6.92 Å². The van der Waals surface area contributed by atoms with E-state index in [0.717, 1.165) is 6.54 Å². The second-order valence-corrected chi connectivity index (χ2v) is 3.59. The zero-order chi connectivity index (χ0) is 12.0. The zero-order valence-corrected chi connectivity index (χ0v) is 9.86. The summed E-state index contributed by atoms with van der Waals surface area (Å²) in [6.07, 6.45) is 1.42. The Bertz CT molecular complexity index is 333. The second-order valence-electron chi connectivity index (χ2n) is 3.59. The molecule has 0 aliphatic rings. The van der Waals surface area contributed by atoms with Crippen LogP contribution in [-0.4, -0.2) is 37.3 Å². The molecule has 0 aliphatic carbocycles. The third-order valence-corrected chi connectivity index (χ3v) is 2.11. The Morgan fingerprint density at radius 1 is 1.44 bits per heavy atom. The third-order valence-electron chi connectivity index (χ3n) is 2.11. The van der Waals surface area contributed by atoms with Gasteiger partial charge in [-0.1, -0.05) is 6.92 Å². The lowest BCUT2D eigenvalue weighted by Gasteiger charge is -2.13. The molecular weight excluding hydrogens is 208 g/mol. The van der Waals surface area contributed by atoms with Crippen molar-refractivity contribution in [1.29, 1.82) is 0 Å². The van der Waals surface area contributed by atoms with Gasteiger partial charge in [-0.05, 0) is 5.92 Å². The molecule has 90 valence electrons. The molecular formula is C10H18N4O2. The maximum Gasteiger partial charge on any atom is 0.242 e. The largest absolute Gasteiger partial charge is 0.479 e. The van der Waals surface area contributed by atoms with Crippen LogP contribution >= 0.6 is 0 Å². The first-order valence-corrected chi connectivity index (χ1v) is 5.06. The number of anilines is 2. The summed E-state index contributed by atoms with van der Waals surface area (Å²) in [6.45, 7) is 3.50. The highest BCUT2D eigenvalue weighted by Gasteiger charge is 2.09. The van der Waals surface area contributed by atoms with Crippen LogP contribution in [-0.2, 0) is 4.74 Å². The molecule has 0 saturated heterocycles. The van der Waals surface area contributed by atoms with E-state index in [1.807, 2.05) is 0 Å². The number of ether oxygens (including phenoxy) is 2. The predicted molar refractivity (Wildman–Crippen MR) is 62.5 cm³/mol. The van der Waals surface area contributed by atoms with E-state index in [4.69, 9.17) is 15.2 Å². The van der Waals surface area contributed by atoms with Crippen molar-refractivity contribution in [3.63, 3.8) is 0 Å². The van der Waals surface area contributed by atoms with Crippen molar-refractivity contribution in [2.24, 2.45) is 5.92 Å². The zero-order valence-electron chi connectivity index (χ0n) is 9.86. The number of hydrogen-bond acceptors (Lipinski definition) is 6. The minimum Gasteiger partial charge on any atom is -0.479 e. The standard InChI is InChI=1S/C10H18N4O2/c1-7(5-15-2)4-12-9-8(11)10(16-3)14-6-13-9/h6-7H,4-5,11H2,1-3H3,(H,12,13,14). The summed E-state index contributed by atoms with van der Waals surface area (Å²) in [5.41, 5.74) is 6.24. The van der Waals surface area contributed by atoms with E-state index in [1.165, 1.54) is 13.4 Å². The van der Waals surface area contributed by atoms with Crippen molar-refractivity contribution in [2.45, 2.75) is 6.92 Å². The van der Waals surface area contributed by atoms with Crippen LogP contribution in [0, 0.1) is 5.92 Å². The van der Waals surface area contributed by atoms with Gasteiger partial charge in [0.2, 0.25) is 5.88 Å². The van der Waals surface area contributed by atoms with E-state index in [0.29, 0.717) is 29.9 Å². The van der Waals surface area contributed by atoms with Crippen molar-refractivity contribution in [3.05, 3.63) is 6.33 Å². The average Bonchev–Trinajstić information content (AvgIpc) is 2.28. The molecule has 0 aliphatic heterocycles. The molecule has 0 spiro atoms. The SMILES string of the molecule is COCC(C)CNc1ncnc(OC)c1N. The summed E-state index contributed by atoms with van der Waals surface area (Å²) < 4.78 is 10.0. The van der Waals surface area contributed by atoms with Crippen molar-refractivity contribution < 1.29 is 9.47 Å². The second kappa shape index (κ2) is 6.12. The van der Waals surface area contributed by atoms with Crippen LogP contribution < -0.4 is 15.8 Å². The lowest BCUT2D eigenvalue weighted by Crippen LogP contribution is -2.17. The molecule has 0 aromatic carbocycles. The van der Waals surface area contributed by atoms with E-state index in [1.54, 1.807) is 7.11 Å². The molecule has 1 atom stereocenters. The smallest absolute Gasteiger partial charge is 0.242 e. The van der Waals surface area contributed by atoms with Crippen LogP contribution in [0.4, 0.5) is 11.5 Å². The molecule has 0 amide bonds. The molecule has 0 saturated carbocycles. The van der Waals surface area contributed by atoms with Gasteiger partial charge < -0.3 is 20.5 Å². The molecule has 16 heavy (non-hydrogen) atoms. The number of methoxy groups -OCH3 is 2. The van der Waals surface area contributed by atoms with E-state index in [9.17, 15) is 0 Å². The van der Waals surface area contributed by atoms with Gasteiger partial charge in [-0.2, -0.15) is 4.98 Å². The lowest BCUT2D eigenvalue weighted by molar-refractivity contribution is 0.164. The lowest BCUT2D eigenvalue weighted by atomic mass is 10.2. The molecule has 1 rings (SSSR count). The maximum atomic E-state index is 5.81. The molecule has 1 aromatic heterocycles. The average molecular weight is 226 g/mol. The molecule has 3 N–H and O–H groups in total. The minimum atomic E-state index is 0.380. The third kappa shape index (κ3) is 3.23. The molecule has 0 radical (unpaired) electrons.